The van der Waals surface area contributed by atoms with Crippen LogP contribution in [-0.2, 0) is 13.5 Å². The fraction of sp³-hybridized carbons (Fsp3) is 0.750. The molecule has 0 saturated carbocycles. The third kappa shape index (κ3) is 1.75. The lowest BCUT2D eigenvalue weighted by Crippen LogP contribution is -2.37. The molecule has 0 saturated heterocycles. The molecule has 0 fully saturated rings. The maximum absolute atomic E-state index is 4.46. The molecule has 0 aromatic carbocycles. The largest absolute Gasteiger partial charge is 0.367 e. The Hall–Kier alpha value is -0.990. The minimum absolute atomic E-state index is 0.315. The van der Waals surface area contributed by atoms with Crippen molar-refractivity contribution in [1.29, 1.82) is 0 Å². The molecule has 3 heteroatoms. The predicted molar refractivity (Wildman–Crippen MR) is 63.1 cm³/mol. The number of rotatable bonds is 0. The van der Waals surface area contributed by atoms with E-state index in [9.17, 15) is 0 Å². The molecule has 2 heterocycles. The van der Waals surface area contributed by atoms with Crippen molar-refractivity contribution >= 4 is 5.82 Å². The van der Waals surface area contributed by atoms with E-state index in [4.69, 9.17) is 0 Å². The third-order valence-electron chi connectivity index (χ3n) is 3.39. The van der Waals surface area contributed by atoms with E-state index in [0.29, 0.717) is 11.5 Å². The number of nitrogens with zero attached hydrogens (tertiary/aromatic N) is 2. The monoisotopic (exact) mass is 207 g/mol. The van der Waals surface area contributed by atoms with Gasteiger partial charge in [-0.2, -0.15) is 5.10 Å². The quantitative estimate of drug-likeness (QED) is 0.708. The van der Waals surface area contributed by atoms with Crippen LogP contribution >= 0.6 is 0 Å². The molecule has 0 aliphatic carbocycles. The molecular formula is C12H21N3. The van der Waals surface area contributed by atoms with Crippen LogP contribution < -0.4 is 5.32 Å². The lowest BCUT2D eigenvalue weighted by Gasteiger charge is -2.35. The third-order valence-corrected chi connectivity index (χ3v) is 3.39. The fourth-order valence-corrected chi connectivity index (χ4v) is 2.36. The highest BCUT2D eigenvalue weighted by molar-refractivity contribution is 5.50. The second-order valence-corrected chi connectivity index (χ2v) is 5.64. The summed E-state index contributed by atoms with van der Waals surface area (Å²) in [5.41, 5.74) is 2.89. The summed E-state index contributed by atoms with van der Waals surface area (Å²) in [4.78, 5) is 0. The van der Waals surface area contributed by atoms with Crippen LogP contribution in [0.2, 0.25) is 0 Å². The van der Waals surface area contributed by atoms with E-state index in [-0.39, 0.29) is 0 Å². The maximum atomic E-state index is 4.46. The van der Waals surface area contributed by atoms with Gasteiger partial charge in [0.1, 0.15) is 5.82 Å². The summed E-state index contributed by atoms with van der Waals surface area (Å²) in [7, 11) is 2.02. The fourth-order valence-electron chi connectivity index (χ4n) is 2.36. The van der Waals surface area contributed by atoms with Crippen LogP contribution in [0.4, 0.5) is 5.82 Å². The Kier molecular flexibility index (Phi) is 2.28. The number of hydrogen-bond acceptors (Lipinski definition) is 2. The molecule has 84 valence electrons. The molecule has 1 atom stereocenters. The number of fused-ring (bicyclic) bond motifs is 1. The summed E-state index contributed by atoms with van der Waals surface area (Å²) >= 11 is 0. The van der Waals surface area contributed by atoms with Crippen LogP contribution in [0.1, 0.15) is 38.4 Å². The number of aryl methyl sites for hydroxylation is 2. The van der Waals surface area contributed by atoms with Crippen molar-refractivity contribution in [2.24, 2.45) is 12.5 Å². The first-order chi connectivity index (χ1) is 6.89. The summed E-state index contributed by atoms with van der Waals surface area (Å²) in [5.74, 6) is 1.22. The van der Waals surface area contributed by atoms with E-state index < -0.39 is 0 Å². The average Bonchev–Trinajstić information content (AvgIpc) is 2.41. The normalized spacial score (nSPS) is 21.0. The van der Waals surface area contributed by atoms with E-state index >= 15 is 0 Å². The highest BCUT2D eigenvalue weighted by Crippen LogP contribution is 2.33. The Morgan fingerprint density at radius 3 is 2.67 bits per heavy atom. The Morgan fingerprint density at radius 2 is 2.07 bits per heavy atom. The maximum Gasteiger partial charge on any atom is 0.127 e. The molecule has 0 unspecified atom stereocenters. The van der Waals surface area contributed by atoms with Crippen molar-refractivity contribution in [3.8, 4) is 0 Å². The topological polar surface area (TPSA) is 29.9 Å². The summed E-state index contributed by atoms with van der Waals surface area (Å²) in [5, 5.41) is 8.09. The highest BCUT2D eigenvalue weighted by atomic mass is 15.3. The van der Waals surface area contributed by atoms with Gasteiger partial charge in [0.05, 0.1) is 5.69 Å². The van der Waals surface area contributed by atoms with Crippen molar-refractivity contribution in [1.82, 2.24) is 9.78 Å². The molecule has 2 rings (SSSR count). The molecule has 0 bridgehead atoms. The van der Waals surface area contributed by atoms with Crippen molar-refractivity contribution < 1.29 is 0 Å². The Bertz CT molecular complexity index is 371. The Morgan fingerprint density at radius 1 is 1.40 bits per heavy atom. The lowest BCUT2D eigenvalue weighted by atomic mass is 9.81. The van der Waals surface area contributed by atoms with Gasteiger partial charge in [-0.15, -0.1) is 0 Å². The van der Waals surface area contributed by atoms with E-state index in [1.807, 2.05) is 11.7 Å². The smallest absolute Gasteiger partial charge is 0.127 e. The van der Waals surface area contributed by atoms with Crippen LogP contribution in [0.25, 0.3) is 0 Å². The van der Waals surface area contributed by atoms with Gasteiger partial charge in [-0.25, -0.2) is 0 Å². The van der Waals surface area contributed by atoms with Crippen LogP contribution in [0.15, 0.2) is 0 Å². The van der Waals surface area contributed by atoms with Gasteiger partial charge in [-0.1, -0.05) is 20.8 Å². The molecule has 1 N–H and O–H groups in total. The van der Waals surface area contributed by atoms with Crippen molar-refractivity contribution in [2.75, 3.05) is 5.32 Å². The summed E-state index contributed by atoms with van der Waals surface area (Å²) < 4.78 is 1.97. The van der Waals surface area contributed by atoms with Gasteiger partial charge < -0.3 is 5.32 Å². The lowest BCUT2D eigenvalue weighted by molar-refractivity contribution is 0.319. The van der Waals surface area contributed by atoms with E-state index in [2.05, 4.69) is 38.1 Å². The zero-order chi connectivity index (χ0) is 11.2. The van der Waals surface area contributed by atoms with E-state index in [0.717, 1.165) is 6.42 Å². The predicted octanol–water partition coefficient (Wildman–Crippen LogP) is 2.50. The van der Waals surface area contributed by atoms with Crippen LogP contribution in [-0.4, -0.2) is 15.8 Å². The number of nitrogens with one attached hydrogen (secondary N) is 1. The molecule has 3 nitrogen and oxygen atoms in total. The molecule has 1 aromatic heterocycles. The minimum atomic E-state index is 0.315. The molecule has 1 aromatic rings. The number of anilines is 1. The Balaban J connectivity index is 2.31. The first kappa shape index (κ1) is 10.5. The van der Waals surface area contributed by atoms with Crippen molar-refractivity contribution in [3.63, 3.8) is 0 Å². The van der Waals surface area contributed by atoms with Crippen LogP contribution in [0.5, 0.6) is 0 Å². The first-order valence-corrected chi connectivity index (χ1v) is 5.68. The molecule has 15 heavy (non-hydrogen) atoms. The highest BCUT2D eigenvalue weighted by Gasteiger charge is 2.30. The number of hydrogen-bond donors (Lipinski definition) is 1. The van der Waals surface area contributed by atoms with E-state index in [1.54, 1.807) is 0 Å². The average molecular weight is 207 g/mol. The molecule has 1 aliphatic rings. The molecule has 0 radical (unpaired) electrons. The van der Waals surface area contributed by atoms with Gasteiger partial charge >= 0.3 is 0 Å². The minimum Gasteiger partial charge on any atom is -0.367 e. The van der Waals surface area contributed by atoms with Crippen LogP contribution in [0, 0.1) is 12.3 Å². The molecular weight excluding hydrogens is 186 g/mol. The zero-order valence-electron chi connectivity index (χ0n) is 10.4. The van der Waals surface area contributed by atoms with Gasteiger partial charge in [0.2, 0.25) is 0 Å². The van der Waals surface area contributed by atoms with Crippen molar-refractivity contribution in [2.45, 2.75) is 46.6 Å². The van der Waals surface area contributed by atoms with Crippen LogP contribution in [0.3, 0.4) is 0 Å². The number of aromatic nitrogens is 2. The second kappa shape index (κ2) is 3.26. The van der Waals surface area contributed by atoms with Gasteiger partial charge in [0.25, 0.3) is 0 Å². The van der Waals surface area contributed by atoms with Gasteiger partial charge in [-0.05, 0) is 25.2 Å². The summed E-state index contributed by atoms with van der Waals surface area (Å²) in [6.45, 7) is 8.97. The van der Waals surface area contributed by atoms with Gasteiger partial charge in [-0.3, -0.25) is 4.68 Å². The standard InChI is InChI=1S/C12H21N3/c1-8-9-6-7-10(12(2,3)4)13-11(9)15(5)14-8/h10,13H,6-7H2,1-5H3/t10-/m0/s1. The Labute approximate surface area is 91.9 Å². The molecule has 1 aliphatic heterocycles. The molecule has 0 amide bonds. The van der Waals surface area contributed by atoms with Gasteiger partial charge in [0.15, 0.2) is 0 Å². The van der Waals surface area contributed by atoms with Gasteiger partial charge in [0, 0.05) is 18.7 Å². The van der Waals surface area contributed by atoms with E-state index in [1.165, 1.54) is 23.5 Å². The SMILES string of the molecule is Cc1nn(C)c2c1CC[C@@H](C(C)(C)C)N2. The zero-order valence-corrected chi connectivity index (χ0v) is 10.4. The summed E-state index contributed by atoms with van der Waals surface area (Å²) in [6, 6.07) is 0.555. The van der Waals surface area contributed by atoms with Crippen molar-refractivity contribution in [3.05, 3.63) is 11.3 Å². The second-order valence-electron chi connectivity index (χ2n) is 5.64. The first-order valence-electron chi connectivity index (χ1n) is 5.68. The molecule has 0 spiro atoms. The summed E-state index contributed by atoms with van der Waals surface area (Å²) in [6.07, 6.45) is 2.37.